The van der Waals surface area contributed by atoms with Crippen LogP contribution in [0.15, 0.2) is 18.2 Å². The lowest BCUT2D eigenvalue weighted by Crippen LogP contribution is -2.49. The molecule has 5 heteroatoms. The van der Waals surface area contributed by atoms with Gasteiger partial charge in [-0.2, -0.15) is 0 Å². The van der Waals surface area contributed by atoms with Crippen molar-refractivity contribution in [2.24, 2.45) is 5.92 Å². The Kier molecular flexibility index (Phi) is 7.84. The van der Waals surface area contributed by atoms with Gasteiger partial charge in [-0.3, -0.25) is 14.5 Å². The summed E-state index contributed by atoms with van der Waals surface area (Å²) in [6.07, 6.45) is 3.21. The molecule has 0 unspecified atom stereocenters. The van der Waals surface area contributed by atoms with Crippen LogP contribution in [-0.2, 0) is 9.59 Å². The molecule has 2 rings (SSSR count). The van der Waals surface area contributed by atoms with E-state index in [0.29, 0.717) is 12.5 Å². The van der Waals surface area contributed by atoms with Gasteiger partial charge in [0.05, 0.1) is 6.54 Å². The van der Waals surface area contributed by atoms with E-state index in [0.717, 1.165) is 42.7 Å². The summed E-state index contributed by atoms with van der Waals surface area (Å²) in [5.41, 5.74) is 3.03. The van der Waals surface area contributed by atoms with E-state index < -0.39 is 0 Å². The summed E-state index contributed by atoms with van der Waals surface area (Å²) in [5, 5.41) is 2.98. The van der Waals surface area contributed by atoms with Crippen LogP contribution in [0.4, 0.5) is 5.69 Å². The van der Waals surface area contributed by atoms with Gasteiger partial charge in [0, 0.05) is 18.3 Å². The van der Waals surface area contributed by atoms with Crippen molar-refractivity contribution in [1.82, 2.24) is 9.80 Å². The van der Waals surface area contributed by atoms with Gasteiger partial charge in [0.1, 0.15) is 6.54 Å². The quantitative estimate of drug-likeness (QED) is 0.794. The van der Waals surface area contributed by atoms with E-state index in [9.17, 15) is 9.59 Å². The van der Waals surface area contributed by atoms with E-state index in [-0.39, 0.29) is 24.4 Å². The van der Waals surface area contributed by atoms with Crippen LogP contribution in [0.1, 0.15) is 51.2 Å². The van der Waals surface area contributed by atoms with E-state index in [1.54, 1.807) is 4.90 Å². The molecular weight excluding hydrogens is 338 g/mol. The molecule has 0 bridgehead atoms. The molecular formula is C22H35N3O2. The van der Waals surface area contributed by atoms with Crippen LogP contribution in [-0.4, -0.2) is 53.8 Å². The fourth-order valence-electron chi connectivity index (χ4n) is 3.65. The molecule has 0 saturated carbocycles. The lowest BCUT2D eigenvalue weighted by molar-refractivity contribution is -0.138. The van der Waals surface area contributed by atoms with Crippen molar-refractivity contribution in [3.8, 4) is 0 Å². The van der Waals surface area contributed by atoms with E-state index in [1.807, 2.05) is 39.0 Å². The second-order valence-electron chi connectivity index (χ2n) is 8.06. The zero-order valence-corrected chi connectivity index (χ0v) is 17.5. The molecule has 0 aliphatic carbocycles. The topological polar surface area (TPSA) is 52.7 Å². The van der Waals surface area contributed by atoms with Gasteiger partial charge < -0.3 is 10.2 Å². The molecule has 0 radical (unpaired) electrons. The normalized spacial score (nSPS) is 18.8. The van der Waals surface area contributed by atoms with Gasteiger partial charge in [-0.25, -0.2) is 0 Å². The molecule has 0 spiro atoms. The van der Waals surface area contributed by atoms with Crippen molar-refractivity contribution in [2.45, 2.75) is 59.9 Å². The lowest BCUT2D eigenvalue weighted by Gasteiger charge is -2.34. The fourth-order valence-corrected chi connectivity index (χ4v) is 3.65. The second-order valence-corrected chi connectivity index (χ2v) is 8.06. The molecule has 1 aliphatic heterocycles. The number of amides is 2. The predicted octanol–water partition coefficient (Wildman–Crippen LogP) is 3.60. The monoisotopic (exact) mass is 373 g/mol. The minimum Gasteiger partial charge on any atom is -0.330 e. The van der Waals surface area contributed by atoms with Gasteiger partial charge in [0.25, 0.3) is 0 Å². The highest BCUT2D eigenvalue weighted by atomic mass is 16.2. The zero-order valence-electron chi connectivity index (χ0n) is 17.5. The van der Waals surface area contributed by atoms with Crippen LogP contribution >= 0.6 is 0 Å². The van der Waals surface area contributed by atoms with Crippen LogP contribution < -0.4 is 5.32 Å². The van der Waals surface area contributed by atoms with Crippen molar-refractivity contribution in [2.75, 3.05) is 31.5 Å². The summed E-state index contributed by atoms with van der Waals surface area (Å²) in [4.78, 5) is 29.5. The molecule has 2 atom stereocenters. The van der Waals surface area contributed by atoms with Gasteiger partial charge in [-0.1, -0.05) is 26.0 Å². The SMILES string of the molecule is CC[C@@H](C)N(CC(=O)Nc1cccc(C)c1C)C(=O)CN1CCC[C@@H](C)C1. The van der Waals surface area contributed by atoms with E-state index in [2.05, 4.69) is 24.1 Å². The molecule has 150 valence electrons. The first-order chi connectivity index (χ1) is 12.8. The lowest BCUT2D eigenvalue weighted by atomic mass is 10.0. The summed E-state index contributed by atoms with van der Waals surface area (Å²) < 4.78 is 0. The molecule has 2 amide bonds. The smallest absolute Gasteiger partial charge is 0.244 e. The van der Waals surface area contributed by atoms with Crippen molar-refractivity contribution < 1.29 is 9.59 Å². The number of benzene rings is 1. The number of anilines is 1. The largest absolute Gasteiger partial charge is 0.330 e. The summed E-state index contributed by atoms with van der Waals surface area (Å²) in [7, 11) is 0. The Morgan fingerprint density at radius 2 is 2.07 bits per heavy atom. The third-order valence-corrected chi connectivity index (χ3v) is 5.74. The molecule has 1 saturated heterocycles. The Balaban J connectivity index is 2.01. The molecule has 1 fully saturated rings. The number of piperidine rings is 1. The third-order valence-electron chi connectivity index (χ3n) is 5.74. The van der Waals surface area contributed by atoms with Crippen LogP contribution in [0.3, 0.4) is 0 Å². The Bertz CT molecular complexity index is 659. The van der Waals surface area contributed by atoms with Crippen molar-refractivity contribution in [3.63, 3.8) is 0 Å². The van der Waals surface area contributed by atoms with E-state index in [1.165, 1.54) is 6.42 Å². The number of aryl methyl sites for hydroxylation is 1. The highest BCUT2D eigenvalue weighted by Crippen LogP contribution is 2.19. The first-order valence-electron chi connectivity index (χ1n) is 10.2. The molecule has 1 aromatic carbocycles. The van der Waals surface area contributed by atoms with Crippen molar-refractivity contribution in [3.05, 3.63) is 29.3 Å². The maximum Gasteiger partial charge on any atom is 0.244 e. The average Bonchev–Trinajstić information content (AvgIpc) is 2.63. The molecule has 5 nitrogen and oxygen atoms in total. The molecule has 1 heterocycles. The van der Waals surface area contributed by atoms with Crippen LogP contribution in [0.2, 0.25) is 0 Å². The van der Waals surface area contributed by atoms with Crippen LogP contribution in [0, 0.1) is 19.8 Å². The number of carbonyl (C=O) groups excluding carboxylic acids is 2. The first kappa shape index (κ1) is 21.4. The molecule has 27 heavy (non-hydrogen) atoms. The van der Waals surface area contributed by atoms with Crippen molar-refractivity contribution in [1.29, 1.82) is 0 Å². The number of hydrogen-bond donors (Lipinski definition) is 1. The van der Waals surface area contributed by atoms with Crippen LogP contribution in [0.5, 0.6) is 0 Å². The number of carbonyl (C=O) groups is 2. The first-order valence-corrected chi connectivity index (χ1v) is 10.2. The number of likely N-dealkylation sites (tertiary alicyclic amines) is 1. The number of rotatable bonds is 7. The predicted molar refractivity (Wildman–Crippen MR) is 111 cm³/mol. The second kappa shape index (κ2) is 9.88. The van der Waals surface area contributed by atoms with Crippen molar-refractivity contribution >= 4 is 17.5 Å². The number of nitrogens with one attached hydrogen (secondary N) is 1. The van der Waals surface area contributed by atoms with E-state index >= 15 is 0 Å². The molecule has 0 aromatic heterocycles. The standard InChI is InChI=1S/C22H35N3O2/c1-6-18(4)25(22(27)15-24-12-8-9-16(2)13-24)14-21(26)23-20-11-7-10-17(3)19(20)5/h7,10-11,16,18H,6,8-9,12-15H2,1-5H3,(H,23,26)/t16-,18-/m1/s1. The summed E-state index contributed by atoms with van der Waals surface area (Å²) >= 11 is 0. The molecule has 1 aliphatic rings. The maximum absolute atomic E-state index is 12.9. The van der Waals surface area contributed by atoms with Gasteiger partial charge in [0.15, 0.2) is 0 Å². The molecule has 1 aromatic rings. The van der Waals surface area contributed by atoms with Crippen LogP contribution in [0.25, 0.3) is 0 Å². The Hall–Kier alpha value is -1.88. The summed E-state index contributed by atoms with van der Waals surface area (Å²) in [6, 6.07) is 5.92. The summed E-state index contributed by atoms with van der Waals surface area (Å²) in [5.74, 6) is 0.551. The van der Waals surface area contributed by atoms with Gasteiger partial charge >= 0.3 is 0 Å². The Morgan fingerprint density at radius 3 is 2.74 bits per heavy atom. The maximum atomic E-state index is 12.9. The fraction of sp³-hybridized carbons (Fsp3) is 0.636. The highest BCUT2D eigenvalue weighted by Gasteiger charge is 2.25. The third kappa shape index (κ3) is 6.06. The minimum absolute atomic E-state index is 0.0454. The summed E-state index contributed by atoms with van der Waals surface area (Å²) in [6.45, 7) is 12.8. The molecule has 1 N–H and O–H groups in total. The van der Waals surface area contributed by atoms with Gasteiger partial charge in [0.2, 0.25) is 11.8 Å². The van der Waals surface area contributed by atoms with E-state index in [4.69, 9.17) is 0 Å². The Labute approximate surface area is 164 Å². The zero-order chi connectivity index (χ0) is 20.0. The number of nitrogens with zero attached hydrogens (tertiary/aromatic N) is 2. The average molecular weight is 374 g/mol. The Morgan fingerprint density at radius 1 is 1.33 bits per heavy atom. The van der Waals surface area contributed by atoms with Gasteiger partial charge in [-0.15, -0.1) is 0 Å². The highest BCUT2D eigenvalue weighted by molar-refractivity contribution is 5.95. The van der Waals surface area contributed by atoms with Gasteiger partial charge in [-0.05, 0) is 69.7 Å². The number of hydrogen-bond acceptors (Lipinski definition) is 3. The minimum atomic E-state index is -0.135.